The molecule has 0 aliphatic carbocycles. The van der Waals surface area contributed by atoms with Gasteiger partial charge in [0.05, 0.1) is 19.9 Å². The first-order valence-corrected chi connectivity index (χ1v) is 11.4. The van der Waals surface area contributed by atoms with Crippen LogP contribution in [0, 0.1) is 0 Å². The van der Waals surface area contributed by atoms with E-state index in [0.29, 0.717) is 35.7 Å². The van der Waals surface area contributed by atoms with Crippen molar-refractivity contribution in [3.8, 4) is 11.5 Å². The van der Waals surface area contributed by atoms with Gasteiger partial charge in [0.25, 0.3) is 5.91 Å². The van der Waals surface area contributed by atoms with E-state index in [4.69, 9.17) is 9.47 Å². The highest BCUT2D eigenvalue weighted by Crippen LogP contribution is 2.36. The number of benzene rings is 3. The van der Waals surface area contributed by atoms with Crippen LogP contribution < -0.4 is 14.8 Å². The number of nitrogens with one attached hydrogen (secondary N) is 1. The van der Waals surface area contributed by atoms with Crippen LogP contribution in [-0.2, 0) is 17.6 Å². The quantitative estimate of drug-likeness (QED) is 0.530. The third-order valence-electron chi connectivity index (χ3n) is 6.58. The van der Waals surface area contributed by atoms with Crippen LogP contribution in [0.3, 0.4) is 0 Å². The van der Waals surface area contributed by atoms with Crippen molar-refractivity contribution in [3.63, 3.8) is 0 Å². The summed E-state index contributed by atoms with van der Waals surface area (Å²) in [6, 6.07) is 23.1. The Morgan fingerprint density at radius 1 is 0.941 bits per heavy atom. The van der Waals surface area contributed by atoms with Crippen molar-refractivity contribution in [2.75, 3.05) is 26.1 Å². The van der Waals surface area contributed by atoms with Gasteiger partial charge in [0.1, 0.15) is 17.0 Å². The summed E-state index contributed by atoms with van der Waals surface area (Å²) in [4.78, 5) is 28.5. The largest absolute Gasteiger partial charge is 0.497 e. The fraction of sp³-hybridized carbons (Fsp3) is 0.286. The summed E-state index contributed by atoms with van der Waals surface area (Å²) in [5.41, 5.74) is 2.43. The fourth-order valence-electron chi connectivity index (χ4n) is 4.31. The Balaban J connectivity index is 1.51. The standard InChI is InChI=1S/C28H30N2O4/c1-28(27(32)29-24-19-22(33-2)15-16-25(24)34-3)17-18-30(28)26(31)23-12-8-7-11-21(23)14-13-20-9-5-4-6-10-20/h4-12,15-16,19H,13-14,17-18H2,1-3H3,(H,29,32). The van der Waals surface area contributed by atoms with Crippen LogP contribution in [0.2, 0.25) is 0 Å². The van der Waals surface area contributed by atoms with Crippen LogP contribution in [-0.4, -0.2) is 43.0 Å². The van der Waals surface area contributed by atoms with Gasteiger partial charge in [0, 0.05) is 18.2 Å². The first kappa shape index (κ1) is 23.4. The lowest BCUT2D eigenvalue weighted by Crippen LogP contribution is -2.66. The molecular weight excluding hydrogens is 428 g/mol. The van der Waals surface area contributed by atoms with Gasteiger partial charge >= 0.3 is 0 Å². The van der Waals surface area contributed by atoms with Crippen LogP contribution in [0.15, 0.2) is 72.8 Å². The minimum Gasteiger partial charge on any atom is -0.497 e. The SMILES string of the molecule is COc1ccc(OC)c(NC(=O)C2(C)CCN2C(=O)c2ccccc2CCc2ccccc2)c1. The van der Waals surface area contributed by atoms with E-state index in [1.807, 2.05) is 49.4 Å². The van der Waals surface area contributed by atoms with Crippen molar-refractivity contribution in [1.82, 2.24) is 4.90 Å². The number of carbonyl (C=O) groups excluding carboxylic acids is 2. The maximum absolute atomic E-state index is 13.6. The zero-order valence-electron chi connectivity index (χ0n) is 19.8. The zero-order valence-corrected chi connectivity index (χ0v) is 19.8. The maximum atomic E-state index is 13.6. The second-order valence-electron chi connectivity index (χ2n) is 8.64. The van der Waals surface area contributed by atoms with Crippen molar-refractivity contribution in [3.05, 3.63) is 89.5 Å². The average Bonchev–Trinajstić information content (AvgIpc) is 2.86. The van der Waals surface area contributed by atoms with E-state index in [0.717, 1.165) is 18.4 Å². The van der Waals surface area contributed by atoms with E-state index in [9.17, 15) is 9.59 Å². The molecule has 3 aromatic rings. The molecule has 0 bridgehead atoms. The van der Waals surface area contributed by atoms with Crippen molar-refractivity contribution in [2.24, 2.45) is 0 Å². The first-order chi connectivity index (χ1) is 16.5. The van der Waals surface area contributed by atoms with Crippen molar-refractivity contribution < 1.29 is 19.1 Å². The summed E-state index contributed by atoms with van der Waals surface area (Å²) in [5.74, 6) is 0.766. The van der Waals surface area contributed by atoms with Gasteiger partial charge in [-0.2, -0.15) is 0 Å². The molecule has 2 amide bonds. The number of likely N-dealkylation sites (tertiary alicyclic amines) is 1. The van der Waals surface area contributed by atoms with Crippen LogP contribution in [0.4, 0.5) is 5.69 Å². The summed E-state index contributed by atoms with van der Waals surface area (Å²) in [6.07, 6.45) is 2.19. The summed E-state index contributed by atoms with van der Waals surface area (Å²) in [5, 5.41) is 2.94. The Morgan fingerprint density at radius 3 is 2.35 bits per heavy atom. The van der Waals surface area contributed by atoms with E-state index in [2.05, 4.69) is 17.4 Å². The molecule has 6 nitrogen and oxygen atoms in total. The van der Waals surface area contributed by atoms with Crippen molar-refractivity contribution >= 4 is 17.5 Å². The number of amides is 2. The molecule has 0 aromatic heterocycles. The highest BCUT2D eigenvalue weighted by atomic mass is 16.5. The number of hydrogen-bond acceptors (Lipinski definition) is 4. The van der Waals surface area contributed by atoms with E-state index in [-0.39, 0.29) is 11.8 Å². The molecular formula is C28H30N2O4. The lowest BCUT2D eigenvalue weighted by atomic mass is 9.84. The molecule has 1 saturated heterocycles. The summed E-state index contributed by atoms with van der Waals surface area (Å²) in [7, 11) is 3.11. The second-order valence-corrected chi connectivity index (χ2v) is 8.64. The third kappa shape index (κ3) is 4.62. The Morgan fingerprint density at radius 2 is 1.68 bits per heavy atom. The van der Waals surface area contributed by atoms with E-state index >= 15 is 0 Å². The van der Waals surface area contributed by atoms with E-state index < -0.39 is 5.54 Å². The van der Waals surface area contributed by atoms with Gasteiger partial charge in [-0.05, 0) is 55.5 Å². The Kier molecular flexibility index (Phi) is 6.87. The number of methoxy groups -OCH3 is 2. The second kappa shape index (κ2) is 10.00. The smallest absolute Gasteiger partial charge is 0.255 e. The molecule has 3 aromatic carbocycles. The molecule has 1 N–H and O–H groups in total. The monoisotopic (exact) mass is 458 g/mol. The van der Waals surface area contributed by atoms with Crippen molar-refractivity contribution in [2.45, 2.75) is 31.7 Å². The molecule has 34 heavy (non-hydrogen) atoms. The fourth-order valence-corrected chi connectivity index (χ4v) is 4.31. The van der Waals surface area contributed by atoms with Gasteiger partial charge in [-0.3, -0.25) is 9.59 Å². The van der Waals surface area contributed by atoms with Gasteiger partial charge in [-0.25, -0.2) is 0 Å². The van der Waals surface area contributed by atoms with Gasteiger partial charge in [0.15, 0.2) is 0 Å². The highest BCUT2D eigenvalue weighted by molar-refractivity contribution is 6.05. The molecule has 4 rings (SSSR count). The number of rotatable bonds is 8. The Bertz CT molecular complexity index is 1180. The number of carbonyl (C=O) groups is 2. The lowest BCUT2D eigenvalue weighted by Gasteiger charge is -2.49. The maximum Gasteiger partial charge on any atom is 0.255 e. The predicted octanol–water partition coefficient (Wildman–Crippen LogP) is 4.73. The topological polar surface area (TPSA) is 67.9 Å². The van der Waals surface area contributed by atoms with Crippen LogP contribution in [0.5, 0.6) is 11.5 Å². The molecule has 1 heterocycles. The molecule has 0 radical (unpaired) electrons. The predicted molar refractivity (Wildman–Crippen MR) is 133 cm³/mol. The zero-order chi connectivity index (χ0) is 24.1. The number of nitrogens with zero attached hydrogens (tertiary/aromatic N) is 1. The number of ether oxygens (including phenoxy) is 2. The third-order valence-corrected chi connectivity index (χ3v) is 6.58. The summed E-state index contributed by atoms with van der Waals surface area (Å²) < 4.78 is 10.7. The highest BCUT2D eigenvalue weighted by Gasteiger charge is 2.50. The van der Waals surface area contributed by atoms with Crippen LogP contribution in [0.25, 0.3) is 0 Å². The van der Waals surface area contributed by atoms with E-state index in [1.54, 1.807) is 37.3 Å². The molecule has 1 aliphatic rings. The van der Waals surface area contributed by atoms with Gasteiger partial charge in [0.2, 0.25) is 5.91 Å². The van der Waals surface area contributed by atoms with Gasteiger partial charge < -0.3 is 19.7 Å². The van der Waals surface area contributed by atoms with Crippen LogP contribution in [0.1, 0.15) is 34.8 Å². The Labute approximate surface area is 200 Å². The minimum atomic E-state index is -0.947. The molecule has 176 valence electrons. The lowest BCUT2D eigenvalue weighted by molar-refractivity contribution is -0.132. The normalized spacial score (nSPS) is 17.0. The molecule has 0 saturated carbocycles. The summed E-state index contributed by atoms with van der Waals surface area (Å²) >= 11 is 0. The van der Waals surface area contributed by atoms with Crippen LogP contribution >= 0.6 is 0 Å². The first-order valence-electron chi connectivity index (χ1n) is 11.4. The number of anilines is 1. The number of hydrogen-bond donors (Lipinski definition) is 1. The molecule has 1 unspecified atom stereocenters. The molecule has 1 fully saturated rings. The van der Waals surface area contributed by atoms with Crippen molar-refractivity contribution in [1.29, 1.82) is 0 Å². The van der Waals surface area contributed by atoms with Gasteiger partial charge in [-0.1, -0.05) is 48.5 Å². The molecule has 6 heteroatoms. The molecule has 1 atom stereocenters. The van der Waals surface area contributed by atoms with E-state index in [1.165, 1.54) is 5.56 Å². The Hall–Kier alpha value is -3.80. The minimum absolute atomic E-state index is 0.120. The van der Waals surface area contributed by atoms with Gasteiger partial charge in [-0.15, -0.1) is 0 Å². The average molecular weight is 459 g/mol. The molecule has 0 spiro atoms. The summed E-state index contributed by atoms with van der Waals surface area (Å²) in [6.45, 7) is 2.34. The molecule has 1 aliphatic heterocycles. The number of aryl methyl sites for hydroxylation is 2.